The van der Waals surface area contributed by atoms with Crippen molar-refractivity contribution in [1.29, 1.82) is 0 Å². The number of nitrogens with zero attached hydrogens (tertiary/aromatic N) is 1. The normalized spacial score (nSPS) is 10.5. The van der Waals surface area contributed by atoms with Crippen LogP contribution in [-0.4, -0.2) is 16.0 Å². The minimum atomic E-state index is -0.664. The molecular formula is C24H39NO4. The molecule has 5 heteroatoms. The van der Waals surface area contributed by atoms with Crippen molar-refractivity contribution in [3.63, 3.8) is 0 Å². The number of rotatable bonds is 16. The summed E-state index contributed by atoms with van der Waals surface area (Å²) < 4.78 is 0. The third kappa shape index (κ3) is 20.4. The van der Waals surface area contributed by atoms with E-state index in [2.05, 4.69) is 19.1 Å². The summed E-state index contributed by atoms with van der Waals surface area (Å²) in [4.78, 5) is 19.9. The highest BCUT2D eigenvalue weighted by molar-refractivity contribution is 5.66. The summed E-state index contributed by atoms with van der Waals surface area (Å²) in [6.07, 6.45) is 21.2. The van der Waals surface area contributed by atoms with Gasteiger partial charge in [-0.1, -0.05) is 88.6 Å². The third-order valence-electron chi connectivity index (χ3n) is 4.62. The minimum absolute atomic E-state index is 0.137. The van der Waals surface area contributed by atoms with Crippen molar-refractivity contribution in [1.82, 2.24) is 0 Å². The summed E-state index contributed by atoms with van der Waals surface area (Å²) in [5.74, 6) is -0.664. The van der Waals surface area contributed by atoms with Gasteiger partial charge in [-0.15, -0.1) is 0 Å². The highest BCUT2D eigenvalue weighted by Gasteiger charge is 1.98. The lowest BCUT2D eigenvalue weighted by molar-refractivity contribution is -0.384. The monoisotopic (exact) mass is 405 g/mol. The fourth-order valence-electron chi connectivity index (χ4n) is 2.90. The van der Waals surface area contributed by atoms with E-state index in [9.17, 15) is 14.9 Å². The Balaban J connectivity index is 0.000000717. The first-order valence-corrected chi connectivity index (χ1v) is 11.1. The van der Waals surface area contributed by atoms with Gasteiger partial charge in [0.25, 0.3) is 5.69 Å². The van der Waals surface area contributed by atoms with E-state index in [1.165, 1.54) is 82.8 Å². The Kier molecular flexibility index (Phi) is 19.0. The fraction of sp³-hybridized carbons (Fsp3) is 0.625. The number of carboxylic acid groups (broad SMARTS) is 1. The molecule has 0 unspecified atom stereocenters. The standard InChI is InChI=1S/C18H34O2.C6H5NO2/c1-2-3-4-5-6-7-8-9-10-11-12-13-14-15-16-17-18(19)20;8-7(9)6-4-2-1-3-5-6/h9-10H,2-8,11-17H2,1H3,(H,19,20);1-5H. The van der Waals surface area contributed by atoms with Gasteiger partial charge in [0.2, 0.25) is 0 Å². The van der Waals surface area contributed by atoms with Gasteiger partial charge in [0, 0.05) is 18.6 Å². The number of nitro groups is 1. The predicted octanol–water partition coefficient (Wildman–Crippen LogP) is 7.70. The van der Waals surface area contributed by atoms with Crippen LogP contribution in [0.25, 0.3) is 0 Å². The molecule has 0 saturated carbocycles. The van der Waals surface area contributed by atoms with Crippen molar-refractivity contribution < 1.29 is 14.8 Å². The van der Waals surface area contributed by atoms with Crippen LogP contribution in [0.15, 0.2) is 42.5 Å². The molecule has 1 aromatic rings. The Bertz CT molecular complexity index is 543. The van der Waals surface area contributed by atoms with Crippen LogP contribution in [0.5, 0.6) is 0 Å². The molecule has 0 saturated heterocycles. The van der Waals surface area contributed by atoms with E-state index < -0.39 is 10.9 Å². The van der Waals surface area contributed by atoms with Crippen molar-refractivity contribution in [3.8, 4) is 0 Å². The first-order valence-electron chi connectivity index (χ1n) is 11.1. The molecule has 164 valence electrons. The number of carbonyl (C=O) groups is 1. The molecule has 0 bridgehead atoms. The zero-order chi connectivity index (χ0) is 21.6. The summed E-state index contributed by atoms with van der Waals surface area (Å²) in [5.41, 5.74) is 0.137. The van der Waals surface area contributed by atoms with Crippen LogP contribution >= 0.6 is 0 Å². The molecule has 1 aromatic carbocycles. The summed E-state index contributed by atoms with van der Waals surface area (Å²) in [6.45, 7) is 2.26. The molecule has 0 heterocycles. The van der Waals surface area contributed by atoms with Gasteiger partial charge in [0.1, 0.15) is 0 Å². The molecule has 0 spiro atoms. The van der Waals surface area contributed by atoms with E-state index >= 15 is 0 Å². The van der Waals surface area contributed by atoms with E-state index in [1.807, 2.05) is 0 Å². The minimum Gasteiger partial charge on any atom is -0.481 e. The second kappa shape index (κ2) is 20.6. The number of unbranched alkanes of at least 4 members (excludes halogenated alkanes) is 11. The Morgan fingerprint density at radius 1 is 0.862 bits per heavy atom. The number of benzene rings is 1. The lowest BCUT2D eigenvalue weighted by Gasteiger charge is -1.99. The van der Waals surface area contributed by atoms with Crippen LogP contribution in [0.3, 0.4) is 0 Å². The van der Waals surface area contributed by atoms with Crippen molar-refractivity contribution in [2.45, 2.75) is 96.8 Å². The molecular weight excluding hydrogens is 366 g/mol. The quantitative estimate of drug-likeness (QED) is 0.132. The van der Waals surface area contributed by atoms with Crippen LogP contribution in [0, 0.1) is 10.1 Å². The maximum Gasteiger partial charge on any atom is 0.303 e. The molecule has 0 aliphatic carbocycles. The molecule has 0 radical (unpaired) electrons. The van der Waals surface area contributed by atoms with Gasteiger partial charge in [-0.05, 0) is 32.1 Å². The predicted molar refractivity (Wildman–Crippen MR) is 120 cm³/mol. The number of aliphatic carboxylic acids is 1. The largest absolute Gasteiger partial charge is 0.481 e. The lowest BCUT2D eigenvalue weighted by Crippen LogP contribution is -1.93. The Labute approximate surface area is 176 Å². The Hall–Kier alpha value is -2.17. The molecule has 1 N–H and O–H groups in total. The number of para-hydroxylation sites is 1. The van der Waals surface area contributed by atoms with Gasteiger partial charge in [0.15, 0.2) is 0 Å². The SMILES string of the molecule is CCCCCCCCC=CCCCCCCCC(=O)O.O=[N+]([O-])c1ccccc1. The molecule has 1 rings (SSSR count). The first kappa shape index (κ1) is 26.8. The number of allylic oxidation sites excluding steroid dienone is 2. The summed E-state index contributed by atoms with van der Waals surface area (Å²) in [6, 6.07) is 7.93. The van der Waals surface area contributed by atoms with E-state index in [-0.39, 0.29) is 5.69 Å². The molecule has 0 aliphatic rings. The van der Waals surface area contributed by atoms with E-state index in [4.69, 9.17) is 5.11 Å². The van der Waals surface area contributed by atoms with Crippen molar-refractivity contribution in [2.75, 3.05) is 0 Å². The fourth-order valence-corrected chi connectivity index (χ4v) is 2.90. The first-order chi connectivity index (χ1) is 14.1. The highest BCUT2D eigenvalue weighted by Crippen LogP contribution is 2.10. The van der Waals surface area contributed by atoms with E-state index in [1.54, 1.807) is 18.2 Å². The molecule has 0 amide bonds. The Morgan fingerprint density at radius 2 is 1.34 bits per heavy atom. The molecule has 29 heavy (non-hydrogen) atoms. The number of non-ortho nitro benzene ring substituents is 1. The summed E-state index contributed by atoms with van der Waals surface area (Å²) in [5, 5.41) is 18.5. The van der Waals surface area contributed by atoms with Gasteiger partial charge < -0.3 is 5.11 Å². The summed E-state index contributed by atoms with van der Waals surface area (Å²) >= 11 is 0. The zero-order valence-electron chi connectivity index (χ0n) is 18.1. The van der Waals surface area contributed by atoms with Gasteiger partial charge in [-0.3, -0.25) is 14.9 Å². The van der Waals surface area contributed by atoms with Crippen molar-refractivity contribution in [2.24, 2.45) is 0 Å². The molecule has 0 fully saturated rings. The number of hydrogen-bond donors (Lipinski definition) is 1. The maximum atomic E-state index is 10.3. The van der Waals surface area contributed by atoms with Crippen LogP contribution in [0.2, 0.25) is 0 Å². The number of nitro benzene ring substituents is 1. The summed E-state index contributed by atoms with van der Waals surface area (Å²) in [7, 11) is 0. The second-order valence-electron chi connectivity index (χ2n) is 7.32. The van der Waals surface area contributed by atoms with Crippen LogP contribution in [0.4, 0.5) is 5.69 Å². The number of carboxylic acids is 1. The van der Waals surface area contributed by atoms with Gasteiger partial charge in [-0.25, -0.2) is 0 Å². The topological polar surface area (TPSA) is 80.4 Å². The third-order valence-corrected chi connectivity index (χ3v) is 4.62. The van der Waals surface area contributed by atoms with Crippen molar-refractivity contribution in [3.05, 3.63) is 52.6 Å². The zero-order valence-corrected chi connectivity index (χ0v) is 18.1. The second-order valence-corrected chi connectivity index (χ2v) is 7.32. The van der Waals surface area contributed by atoms with E-state index in [0.717, 1.165) is 12.8 Å². The number of hydrogen-bond acceptors (Lipinski definition) is 3. The molecule has 5 nitrogen and oxygen atoms in total. The lowest BCUT2D eigenvalue weighted by atomic mass is 10.1. The Morgan fingerprint density at radius 3 is 1.79 bits per heavy atom. The van der Waals surface area contributed by atoms with E-state index in [0.29, 0.717) is 6.42 Å². The molecule has 0 atom stereocenters. The molecule has 0 aromatic heterocycles. The average Bonchev–Trinajstić information content (AvgIpc) is 2.72. The van der Waals surface area contributed by atoms with Gasteiger partial charge in [0.05, 0.1) is 4.92 Å². The maximum absolute atomic E-state index is 10.3. The van der Waals surface area contributed by atoms with Crippen LogP contribution in [0.1, 0.15) is 96.8 Å². The highest BCUT2D eigenvalue weighted by atomic mass is 16.6. The van der Waals surface area contributed by atoms with Crippen LogP contribution < -0.4 is 0 Å². The average molecular weight is 406 g/mol. The van der Waals surface area contributed by atoms with Gasteiger partial charge in [-0.2, -0.15) is 0 Å². The smallest absolute Gasteiger partial charge is 0.303 e. The molecule has 0 aliphatic heterocycles. The van der Waals surface area contributed by atoms with Crippen LogP contribution in [-0.2, 0) is 4.79 Å². The van der Waals surface area contributed by atoms with Gasteiger partial charge >= 0.3 is 5.97 Å². The van der Waals surface area contributed by atoms with Crippen molar-refractivity contribution >= 4 is 11.7 Å².